The summed E-state index contributed by atoms with van der Waals surface area (Å²) in [7, 11) is 3.94. The van der Waals surface area contributed by atoms with Gasteiger partial charge in [0.1, 0.15) is 12.2 Å². The zero-order valence-electron chi connectivity index (χ0n) is 11.2. The third-order valence-electron chi connectivity index (χ3n) is 3.35. The van der Waals surface area contributed by atoms with Crippen molar-refractivity contribution in [2.45, 2.75) is 19.4 Å². The van der Waals surface area contributed by atoms with Gasteiger partial charge >= 0.3 is 0 Å². The quantitative estimate of drug-likeness (QED) is 0.874. The molecule has 0 radical (unpaired) electrons. The van der Waals surface area contributed by atoms with E-state index in [0.29, 0.717) is 12.0 Å². The van der Waals surface area contributed by atoms with E-state index in [0.717, 1.165) is 12.2 Å². The predicted octanol–water partition coefficient (Wildman–Crippen LogP) is 1.95. The summed E-state index contributed by atoms with van der Waals surface area (Å²) in [6.45, 7) is 2.24. The van der Waals surface area contributed by atoms with Crippen molar-refractivity contribution in [2.75, 3.05) is 7.05 Å². The highest BCUT2D eigenvalue weighted by Gasteiger charge is 2.19. The molecule has 0 amide bonds. The molecule has 0 aliphatic rings. The van der Waals surface area contributed by atoms with Crippen LogP contribution in [-0.4, -0.2) is 21.8 Å². The van der Waals surface area contributed by atoms with Crippen molar-refractivity contribution in [1.82, 2.24) is 20.1 Å². The molecule has 0 fully saturated rings. The normalized spacial score (nSPS) is 14.4. The first kappa shape index (κ1) is 12.8. The molecule has 0 spiro atoms. The van der Waals surface area contributed by atoms with Gasteiger partial charge in [-0.15, -0.1) is 0 Å². The molecule has 1 aromatic carbocycles. The Morgan fingerprint density at radius 2 is 2.00 bits per heavy atom. The van der Waals surface area contributed by atoms with E-state index >= 15 is 0 Å². The summed E-state index contributed by atoms with van der Waals surface area (Å²) in [4.78, 5) is 4.29. The van der Waals surface area contributed by atoms with Crippen molar-refractivity contribution in [1.29, 1.82) is 0 Å². The first-order chi connectivity index (χ1) is 8.72. The minimum Gasteiger partial charge on any atom is -0.313 e. The van der Waals surface area contributed by atoms with Crippen LogP contribution in [0.5, 0.6) is 0 Å². The molecule has 1 heterocycles. The minimum absolute atomic E-state index is 0.336. The Morgan fingerprint density at radius 1 is 1.28 bits per heavy atom. The third kappa shape index (κ3) is 2.76. The molecule has 2 atom stereocenters. The molecule has 1 N–H and O–H groups in total. The summed E-state index contributed by atoms with van der Waals surface area (Å²) in [6, 6.07) is 10.9. The van der Waals surface area contributed by atoms with Gasteiger partial charge < -0.3 is 5.32 Å². The van der Waals surface area contributed by atoms with Crippen LogP contribution in [0.3, 0.4) is 0 Å². The summed E-state index contributed by atoms with van der Waals surface area (Å²) in [5.74, 6) is 1.49. The lowest BCUT2D eigenvalue weighted by atomic mass is 9.92. The predicted molar refractivity (Wildman–Crippen MR) is 72.1 cm³/mol. The van der Waals surface area contributed by atoms with E-state index in [1.807, 2.05) is 24.8 Å². The van der Waals surface area contributed by atoms with Gasteiger partial charge in [-0.05, 0) is 18.5 Å². The van der Waals surface area contributed by atoms with Crippen molar-refractivity contribution in [3.63, 3.8) is 0 Å². The standard InChI is InChI=1S/C14H20N4/c1-11(9-13-16-10-17-18(13)3)14(15-2)12-7-5-4-6-8-12/h4-8,10-11,14-15H,9H2,1-3H3. The van der Waals surface area contributed by atoms with E-state index in [1.165, 1.54) is 5.56 Å². The maximum absolute atomic E-state index is 4.29. The van der Waals surface area contributed by atoms with Gasteiger partial charge in [0, 0.05) is 19.5 Å². The summed E-state index contributed by atoms with van der Waals surface area (Å²) >= 11 is 0. The Labute approximate surface area is 108 Å². The molecule has 4 nitrogen and oxygen atoms in total. The molecule has 1 aromatic heterocycles. The van der Waals surface area contributed by atoms with Crippen LogP contribution in [-0.2, 0) is 13.5 Å². The molecule has 4 heteroatoms. The van der Waals surface area contributed by atoms with Gasteiger partial charge in [-0.1, -0.05) is 37.3 Å². The van der Waals surface area contributed by atoms with Gasteiger partial charge in [0.15, 0.2) is 0 Å². The van der Waals surface area contributed by atoms with E-state index in [9.17, 15) is 0 Å². The molecule has 0 aliphatic heterocycles. The molecule has 96 valence electrons. The molecular formula is C14H20N4. The van der Waals surface area contributed by atoms with Crippen LogP contribution in [0.4, 0.5) is 0 Å². The number of hydrogen-bond donors (Lipinski definition) is 1. The van der Waals surface area contributed by atoms with Crippen molar-refractivity contribution in [3.05, 3.63) is 48.0 Å². The Hall–Kier alpha value is -1.68. The van der Waals surface area contributed by atoms with Gasteiger partial charge in [0.25, 0.3) is 0 Å². The molecular weight excluding hydrogens is 224 g/mol. The average molecular weight is 244 g/mol. The Morgan fingerprint density at radius 3 is 2.56 bits per heavy atom. The van der Waals surface area contributed by atoms with Crippen LogP contribution in [0.2, 0.25) is 0 Å². The zero-order chi connectivity index (χ0) is 13.0. The van der Waals surface area contributed by atoms with Gasteiger partial charge in [-0.3, -0.25) is 4.68 Å². The van der Waals surface area contributed by atoms with Crippen LogP contribution >= 0.6 is 0 Å². The van der Waals surface area contributed by atoms with Crippen LogP contribution in [0.25, 0.3) is 0 Å². The molecule has 2 aromatic rings. The fourth-order valence-corrected chi connectivity index (χ4v) is 2.35. The van der Waals surface area contributed by atoms with Gasteiger partial charge in [-0.25, -0.2) is 4.98 Å². The van der Waals surface area contributed by atoms with Crippen LogP contribution in [0.15, 0.2) is 36.7 Å². The summed E-state index contributed by atoms with van der Waals surface area (Å²) in [5.41, 5.74) is 1.31. The second kappa shape index (κ2) is 5.78. The number of rotatable bonds is 5. The monoisotopic (exact) mass is 244 g/mol. The van der Waals surface area contributed by atoms with Crippen LogP contribution < -0.4 is 5.32 Å². The minimum atomic E-state index is 0.336. The van der Waals surface area contributed by atoms with Gasteiger partial charge in [0.2, 0.25) is 0 Å². The Balaban J connectivity index is 2.11. The number of aromatic nitrogens is 3. The molecule has 0 bridgehead atoms. The smallest absolute Gasteiger partial charge is 0.138 e. The van der Waals surface area contributed by atoms with Gasteiger partial charge in [0.05, 0.1) is 0 Å². The molecule has 18 heavy (non-hydrogen) atoms. The molecule has 0 saturated heterocycles. The molecule has 0 saturated carbocycles. The van der Waals surface area contributed by atoms with E-state index in [4.69, 9.17) is 0 Å². The van der Waals surface area contributed by atoms with Crippen molar-refractivity contribution in [3.8, 4) is 0 Å². The molecule has 0 aliphatic carbocycles. The first-order valence-electron chi connectivity index (χ1n) is 6.27. The fourth-order valence-electron chi connectivity index (χ4n) is 2.35. The van der Waals surface area contributed by atoms with E-state index < -0.39 is 0 Å². The van der Waals surface area contributed by atoms with E-state index in [1.54, 1.807) is 6.33 Å². The van der Waals surface area contributed by atoms with Gasteiger partial charge in [-0.2, -0.15) is 5.10 Å². The summed E-state index contributed by atoms with van der Waals surface area (Å²) in [6.07, 6.45) is 2.52. The largest absolute Gasteiger partial charge is 0.313 e. The highest BCUT2D eigenvalue weighted by Crippen LogP contribution is 2.23. The number of benzene rings is 1. The van der Waals surface area contributed by atoms with E-state index in [2.05, 4.69) is 46.6 Å². The lowest BCUT2D eigenvalue weighted by Gasteiger charge is -2.23. The summed E-state index contributed by atoms with van der Waals surface area (Å²) < 4.78 is 1.84. The average Bonchev–Trinajstić information content (AvgIpc) is 2.77. The fraction of sp³-hybridized carbons (Fsp3) is 0.429. The highest BCUT2D eigenvalue weighted by atomic mass is 15.3. The lowest BCUT2D eigenvalue weighted by molar-refractivity contribution is 0.397. The SMILES string of the molecule is CNC(c1ccccc1)C(C)Cc1ncnn1C. The third-order valence-corrected chi connectivity index (χ3v) is 3.35. The van der Waals surface area contributed by atoms with Crippen LogP contribution in [0.1, 0.15) is 24.4 Å². The molecule has 2 unspecified atom stereocenters. The van der Waals surface area contributed by atoms with E-state index in [-0.39, 0.29) is 0 Å². The highest BCUT2D eigenvalue weighted by molar-refractivity contribution is 5.19. The topological polar surface area (TPSA) is 42.7 Å². The number of aryl methyl sites for hydroxylation is 1. The number of hydrogen-bond acceptors (Lipinski definition) is 3. The summed E-state index contributed by atoms with van der Waals surface area (Å²) in [5, 5.41) is 7.51. The maximum Gasteiger partial charge on any atom is 0.138 e. The Bertz CT molecular complexity index is 478. The molecule has 2 rings (SSSR count). The Kier molecular flexibility index (Phi) is 4.10. The first-order valence-corrected chi connectivity index (χ1v) is 6.27. The van der Waals surface area contributed by atoms with Crippen molar-refractivity contribution >= 4 is 0 Å². The van der Waals surface area contributed by atoms with Crippen LogP contribution in [0, 0.1) is 5.92 Å². The zero-order valence-corrected chi connectivity index (χ0v) is 11.2. The second-order valence-electron chi connectivity index (χ2n) is 4.66. The number of nitrogens with one attached hydrogen (secondary N) is 1. The lowest BCUT2D eigenvalue weighted by Crippen LogP contribution is -2.25. The maximum atomic E-state index is 4.29. The van der Waals surface area contributed by atoms with Crippen molar-refractivity contribution < 1.29 is 0 Å². The number of nitrogens with zero attached hydrogens (tertiary/aromatic N) is 3. The second-order valence-corrected chi connectivity index (χ2v) is 4.66. The van der Waals surface area contributed by atoms with Crippen molar-refractivity contribution in [2.24, 2.45) is 13.0 Å².